The van der Waals surface area contributed by atoms with Crippen molar-refractivity contribution in [3.8, 4) is 0 Å². The first kappa shape index (κ1) is 18.5. The Balaban J connectivity index is 1.51. The number of carbonyl (C=O) groups excluding carboxylic acids is 2. The fraction of sp³-hybridized carbons (Fsp3) is 0.391. The van der Waals surface area contributed by atoms with Crippen LogP contribution in [0.3, 0.4) is 0 Å². The summed E-state index contributed by atoms with van der Waals surface area (Å²) in [5.74, 6) is 0.0367. The van der Waals surface area contributed by atoms with Gasteiger partial charge in [-0.25, -0.2) is 0 Å². The van der Waals surface area contributed by atoms with Gasteiger partial charge in [0.1, 0.15) is 6.04 Å². The van der Waals surface area contributed by atoms with Gasteiger partial charge in [-0.15, -0.1) is 0 Å². The smallest absolute Gasteiger partial charge is 0.250 e. The van der Waals surface area contributed by atoms with Crippen LogP contribution in [0, 0.1) is 13.8 Å². The van der Waals surface area contributed by atoms with Crippen molar-refractivity contribution in [3.05, 3.63) is 64.7 Å². The summed E-state index contributed by atoms with van der Waals surface area (Å²) in [6.45, 7) is 7.20. The lowest BCUT2D eigenvalue weighted by atomic mass is 9.91. The Hall–Kier alpha value is -2.82. The number of piperazine rings is 1. The van der Waals surface area contributed by atoms with Gasteiger partial charge in [0.2, 0.25) is 11.8 Å². The van der Waals surface area contributed by atoms with Crippen molar-refractivity contribution >= 4 is 17.5 Å². The first-order valence-electron chi connectivity index (χ1n) is 9.90. The van der Waals surface area contributed by atoms with Crippen molar-refractivity contribution in [1.29, 1.82) is 0 Å². The van der Waals surface area contributed by atoms with E-state index < -0.39 is 6.04 Å². The minimum absolute atomic E-state index is 0.00562. The molecule has 2 aromatic rings. The van der Waals surface area contributed by atoms with E-state index in [9.17, 15) is 9.59 Å². The molecule has 1 unspecified atom stereocenters. The van der Waals surface area contributed by atoms with Gasteiger partial charge in [-0.05, 0) is 42.2 Å². The first-order valence-corrected chi connectivity index (χ1v) is 9.90. The lowest BCUT2D eigenvalue weighted by Crippen LogP contribution is -2.53. The van der Waals surface area contributed by atoms with Gasteiger partial charge in [0, 0.05) is 38.9 Å². The number of hydrogen-bond donors (Lipinski definition) is 0. The van der Waals surface area contributed by atoms with Crippen molar-refractivity contribution in [3.63, 3.8) is 0 Å². The second kappa shape index (κ2) is 7.30. The van der Waals surface area contributed by atoms with Crippen LogP contribution in [0.15, 0.2) is 42.5 Å². The molecule has 4 rings (SSSR count). The van der Waals surface area contributed by atoms with Gasteiger partial charge in [0.25, 0.3) is 0 Å². The van der Waals surface area contributed by atoms with E-state index in [1.54, 1.807) is 11.9 Å². The van der Waals surface area contributed by atoms with E-state index >= 15 is 0 Å². The fourth-order valence-corrected chi connectivity index (χ4v) is 4.30. The molecule has 2 aliphatic rings. The number of carbonyl (C=O) groups is 2. The van der Waals surface area contributed by atoms with Crippen LogP contribution in [0.2, 0.25) is 0 Å². The van der Waals surface area contributed by atoms with Gasteiger partial charge in [-0.3, -0.25) is 9.59 Å². The highest BCUT2D eigenvalue weighted by Gasteiger charge is 2.37. The number of rotatable bonds is 2. The maximum Gasteiger partial charge on any atom is 0.250 e. The topological polar surface area (TPSA) is 43.9 Å². The summed E-state index contributed by atoms with van der Waals surface area (Å²) in [6, 6.07) is 13.8. The van der Waals surface area contributed by atoms with Crippen LogP contribution in [0.25, 0.3) is 0 Å². The Morgan fingerprint density at radius 1 is 1.00 bits per heavy atom. The van der Waals surface area contributed by atoms with Crippen molar-refractivity contribution in [2.45, 2.75) is 26.3 Å². The van der Waals surface area contributed by atoms with Gasteiger partial charge in [-0.1, -0.05) is 36.4 Å². The molecule has 5 nitrogen and oxygen atoms in total. The molecule has 2 heterocycles. The van der Waals surface area contributed by atoms with Crippen molar-refractivity contribution in [1.82, 2.24) is 9.80 Å². The minimum Gasteiger partial charge on any atom is -0.368 e. The zero-order chi connectivity index (χ0) is 19.8. The summed E-state index contributed by atoms with van der Waals surface area (Å²) in [6.07, 6.45) is 0.372. The molecule has 1 saturated heterocycles. The molecule has 2 amide bonds. The standard InChI is InChI=1S/C23H27N3O2/c1-16-8-9-17(2)20(14-16)25-10-12-26(13-11-25)23(28)22-19-7-5-4-6-18(19)15-21(27)24(22)3/h4-9,14,22H,10-13,15H2,1-3H3. The molecule has 0 N–H and O–H groups in total. The number of anilines is 1. The SMILES string of the molecule is Cc1ccc(C)c(N2CCN(C(=O)C3c4ccccc4CC(=O)N3C)CC2)c1. The molecule has 1 fully saturated rings. The second-order valence-corrected chi connectivity index (χ2v) is 7.89. The molecule has 1 atom stereocenters. The molecule has 0 radical (unpaired) electrons. The van der Waals surface area contributed by atoms with E-state index in [0.717, 1.165) is 24.2 Å². The van der Waals surface area contributed by atoms with Crippen LogP contribution < -0.4 is 4.90 Å². The summed E-state index contributed by atoms with van der Waals surface area (Å²) >= 11 is 0. The number of nitrogens with zero attached hydrogens (tertiary/aromatic N) is 3. The summed E-state index contributed by atoms with van der Waals surface area (Å²) in [5.41, 5.74) is 5.70. The molecular formula is C23H27N3O2. The number of hydrogen-bond acceptors (Lipinski definition) is 3. The van der Waals surface area contributed by atoms with E-state index in [2.05, 4.69) is 36.9 Å². The highest BCUT2D eigenvalue weighted by atomic mass is 16.2. The number of aryl methyl sites for hydroxylation is 2. The lowest BCUT2D eigenvalue weighted by Gasteiger charge is -2.41. The average Bonchev–Trinajstić information content (AvgIpc) is 2.70. The molecule has 5 heteroatoms. The third-order valence-electron chi connectivity index (χ3n) is 6.00. The van der Waals surface area contributed by atoms with Gasteiger partial charge in [0.05, 0.1) is 6.42 Å². The Bertz CT molecular complexity index is 916. The summed E-state index contributed by atoms with van der Waals surface area (Å²) in [4.78, 5) is 31.6. The number of amides is 2. The van der Waals surface area contributed by atoms with Crippen LogP contribution >= 0.6 is 0 Å². The van der Waals surface area contributed by atoms with Crippen LogP contribution in [0.5, 0.6) is 0 Å². The summed E-state index contributed by atoms with van der Waals surface area (Å²) in [7, 11) is 1.74. The Morgan fingerprint density at radius 2 is 1.71 bits per heavy atom. The summed E-state index contributed by atoms with van der Waals surface area (Å²) < 4.78 is 0. The average molecular weight is 377 g/mol. The Kier molecular flexibility index (Phi) is 4.84. The third-order valence-corrected chi connectivity index (χ3v) is 6.00. The van der Waals surface area contributed by atoms with E-state index in [0.29, 0.717) is 19.5 Å². The predicted molar refractivity (Wildman–Crippen MR) is 110 cm³/mol. The predicted octanol–water partition coefficient (Wildman–Crippen LogP) is 2.71. The Morgan fingerprint density at radius 3 is 2.46 bits per heavy atom. The minimum atomic E-state index is -0.510. The molecule has 0 saturated carbocycles. The largest absolute Gasteiger partial charge is 0.368 e. The Labute approximate surface area is 166 Å². The van der Waals surface area contributed by atoms with Crippen LogP contribution in [0.1, 0.15) is 28.3 Å². The van der Waals surface area contributed by atoms with Gasteiger partial charge in [-0.2, -0.15) is 0 Å². The molecule has 0 aliphatic carbocycles. The summed E-state index contributed by atoms with van der Waals surface area (Å²) in [5, 5.41) is 0. The molecule has 2 aromatic carbocycles. The maximum atomic E-state index is 13.3. The second-order valence-electron chi connectivity index (χ2n) is 7.89. The van der Waals surface area contributed by atoms with Crippen LogP contribution in [-0.4, -0.2) is 54.8 Å². The van der Waals surface area contributed by atoms with Crippen molar-refractivity contribution in [2.75, 3.05) is 38.1 Å². The lowest BCUT2D eigenvalue weighted by molar-refractivity contribution is -0.145. The van der Waals surface area contributed by atoms with Crippen LogP contribution in [-0.2, 0) is 16.0 Å². The normalized spacial score (nSPS) is 19.6. The molecule has 28 heavy (non-hydrogen) atoms. The molecule has 146 valence electrons. The molecule has 0 spiro atoms. The molecule has 2 aliphatic heterocycles. The van der Waals surface area contributed by atoms with E-state index in [1.807, 2.05) is 29.2 Å². The van der Waals surface area contributed by atoms with E-state index in [4.69, 9.17) is 0 Å². The maximum absolute atomic E-state index is 13.3. The highest BCUT2D eigenvalue weighted by molar-refractivity contribution is 5.92. The van der Waals surface area contributed by atoms with Gasteiger partial charge in [0.15, 0.2) is 0 Å². The molecule has 0 aromatic heterocycles. The fourth-order valence-electron chi connectivity index (χ4n) is 4.30. The number of fused-ring (bicyclic) bond motifs is 1. The van der Waals surface area contributed by atoms with Crippen molar-refractivity contribution in [2.24, 2.45) is 0 Å². The quantitative estimate of drug-likeness (QED) is 0.808. The highest BCUT2D eigenvalue weighted by Crippen LogP contribution is 2.31. The van der Waals surface area contributed by atoms with E-state index in [-0.39, 0.29) is 11.8 Å². The third kappa shape index (κ3) is 3.26. The van der Waals surface area contributed by atoms with E-state index in [1.165, 1.54) is 16.8 Å². The van der Waals surface area contributed by atoms with Gasteiger partial charge < -0.3 is 14.7 Å². The number of likely N-dealkylation sites (N-methyl/N-ethyl adjacent to an activating group) is 1. The number of benzene rings is 2. The van der Waals surface area contributed by atoms with Crippen molar-refractivity contribution < 1.29 is 9.59 Å². The molecule has 0 bridgehead atoms. The van der Waals surface area contributed by atoms with Gasteiger partial charge >= 0.3 is 0 Å². The van der Waals surface area contributed by atoms with Crippen LogP contribution in [0.4, 0.5) is 5.69 Å². The first-order chi connectivity index (χ1) is 13.5. The monoisotopic (exact) mass is 377 g/mol. The molecular weight excluding hydrogens is 350 g/mol. The zero-order valence-electron chi connectivity index (χ0n) is 16.8. The zero-order valence-corrected chi connectivity index (χ0v) is 16.8.